The van der Waals surface area contributed by atoms with Crippen molar-refractivity contribution in [3.63, 3.8) is 0 Å². The second-order valence-electron chi connectivity index (χ2n) is 5.18. The number of hydrogen-bond acceptors (Lipinski definition) is 3. The number of pyridine rings is 1. The average molecular weight is 261 g/mol. The van der Waals surface area contributed by atoms with Gasteiger partial charge in [-0.25, -0.2) is 4.98 Å². The van der Waals surface area contributed by atoms with Crippen LogP contribution in [0.25, 0.3) is 0 Å². The molecule has 1 heterocycles. The molecular formula is C14H19N3O2. The van der Waals surface area contributed by atoms with Gasteiger partial charge in [0.25, 0.3) is 0 Å². The molecule has 0 radical (unpaired) electrons. The molecule has 0 unspecified atom stereocenters. The van der Waals surface area contributed by atoms with Crippen LogP contribution in [0.3, 0.4) is 0 Å². The summed E-state index contributed by atoms with van der Waals surface area (Å²) in [5.41, 5.74) is 0.467. The Morgan fingerprint density at radius 2 is 2.11 bits per heavy atom. The minimum atomic E-state index is -0.201. The van der Waals surface area contributed by atoms with Crippen molar-refractivity contribution in [1.82, 2.24) is 4.98 Å². The summed E-state index contributed by atoms with van der Waals surface area (Å²) in [6.45, 7) is 5.94. The lowest BCUT2D eigenvalue weighted by Crippen LogP contribution is -2.28. The van der Waals surface area contributed by atoms with Gasteiger partial charge >= 0.3 is 0 Å². The Balaban J connectivity index is 2.06. The van der Waals surface area contributed by atoms with Crippen molar-refractivity contribution in [2.24, 2.45) is 5.41 Å². The molecule has 1 saturated carbocycles. The Bertz CT molecular complexity index is 492. The second kappa shape index (κ2) is 4.99. The summed E-state index contributed by atoms with van der Waals surface area (Å²) in [4.78, 5) is 29.1. The lowest BCUT2D eigenvalue weighted by molar-refractivity contribution is -0.120. The van der Waals surface area contributed by atoms with Gasteiger partial charge in [-0.15, -0.1) is 0 Å². The number of anilines is 2. The summed E-state index contributed by atoms with van der Waals surface area (Å²) < 4.78 is 0. The van der Waals surface area contributed by atoms with Gasteiger partial charge < -0.3 is 5.32 Å². The molecule has 5 nitrogen and oxygen atoms in total. The summed E-state index contributed by atoms with van der Waals surface area (Å²) in [5, 5.41) is 2.85. The van der Waals surface area contributed by atoms with Crippen LogP contribution in [0.1, 0.15) is 33.6 Å². The van der Waals surface area contributed by atoms with Crippen LogP contribution in [0.4, 0.5) is 11.5 Å². The minimum absolute atomic E-state index is 0.0426. The second-order valence-corrected chi connectivity index (χ2v) is 5.18. The lowest BCUT2D eigenvalue weighted by Gasteiger charge is -2.18. The maximum absolute atomic E-state index is 11.9. The number of carbonyl (C=O) groups is 2. The van der Waals surface area contributed by atoms with E-state index in [1.54, 1.807) is 23.2 Å². The van der Waals surface area contributed by atoms with Gasteiger partial charge in [0.2, 0.25) is 11.8 Å². The first-order valence-electron chi connectivity index (χ1n) is 6.52. The van der Waals surface area contributed by atoms with Crippen molar-refractivity contribution in [3.05, 3.63) is 18.3 Å². The van der Waals surface area contributed by atoms with Crippen LogP contribution in [-0.2, 0) is 9.59 Å². The standard InChI is InChI=1S/C14H19N3O2/c1-4-17(10(2)18)12-6-5-11(9-15-12)16-13(19)14(3)7-8-14/h5-6,9H,4,7-8H2,1-3H3,(H,16,19). The van der Waals surface area contributed by atoms with Crippen LogP contribution < -0.4 is 10.2 Å². The highest BCUT2D eigenvalue weighted by atomic mass is 16.2. The van der Waals surface area contributed by atoms with E-state index < -0.39 is 0 Å². The van der Waals surface area contributed by atoms with Crippen LogP contribution in [0, 0.1) is 5.41 Å². The third-order valence-electron chi connectivity index (χ3n) is 3.53. The molecule has 1 fully saturated rings. The van der Waals surface area contributed by atoms with E-state index in [9.17, 15) is 9.59 Å². The Morgan fingerprint density at radius 3 is 2.53 bits per heavy atom. The van der Waals surface area contributed by atoms with E-state index in [4.69, 9.17) is 0 Å². The highest BCUT2D eigenvalue weighted by Crippen LogP contribution is 2.45. The van der Waals surface area contributed by atoms with Crippen LogP contribution in [0.15, 0.2) is 18.3 Å². The number of nitrogens with zero attached hydrogens (tertiary/aromatic N) is 2. The quantitative estimate of drug-likeness (QED) is 0.903. The van der Waals surface area contributed by atoms with Crippen LogP contribution in [-0.4, -0.2) is 23.3 Å². The molecule has 0 bridgehead atoms. The zero-order valence-corrected chi connectivity index (χ0v) is 11.6. The number of rotatable bonds is 4. The lowest BCUT2D eigenvalue weighted by atomic mass is 10.1. The Hall–Kier alpha value is -1.91. The highest BCUT2D eigenvalue weighted by molar-refractivity contribution is 5.97. The molecule has 1 aromatic heterocycles. The molecule has 5 heteroatoms. The van der Waals surface area contributed by atoms with Crippen molar-refractivity contribution in [2.75, 3.05) is 16.8 Å². The molecule has 1 aliphatic rings. The molecule has 0 saturated heterocycles. The fraction of sp³-hybridized carbons (Fsp3) is 0.500. The van der Waals surface area contributed by atoms with E-state index in [1.165, 1.54) is 6.92 Å². The number of aromatic nitrogens is 1. The van der Waals surface area contributed by atoms with E-state index in [-0.39, 0.29) is 17.2 Å². The van der Waals surface area contributed by atoms with Crippen molar-refractivity contribution < 1.29 is 9.59 Å². The molecule has 2 rings (SSSR count). The summed E-state index contributed by atoms with van der Waals surface area (Å²) >= 11 is 0. The highest BCUT2D eigenvalue weighted by Gasteiger charge is 2.44. The van der Waals surface area contributed by atoms with Crippen molar-refractivity contribution in [1.29, 1.82) is 0 Å². The molecule has 19 heavy (non-hydrogen) atoms. The van der Waals surface area contributed by atoms with Crippen molar-refractivity contribution in [3.8, 4) is 0 Å². The first-order chi connectivity index (χ1) is 8.96. The van der Waals surface area contributed by atoms with E-state index in [0.717, 1.165) is 12.8 Å². The summed E-state index contributed by atoms with van der Waals surface area (Å²) in [6.07, 6.45) is 3.47. The molecule has 2 amide bonds. The normalized spacial score (nSPS) is 15.7. The van der Waals surface area contributed by atoms with Gasteiger partial charge in [0.05, 0.1) is 11.9 Å². The third kappa shape index (κ3) is 2.92. The van der Waals surface area contributed by atoms with Gasteiger partial charge in [0.1, 0.15) is 5.82 Å². The number of nitrogens with one attached hydrogen (secondary N) is 1. The fourth-order valence-corrected chi connectivity index (χ4v) is 1.86. The summed E-state index contributed by atoms with van der Waals surface area (Å²) in [5.74, 6) is 0.601. The van der Waals surface area contributed by atoms with Crippen LogP contribution >= 0.6 is 0 Å². The summed E-state index contributed by atoms with van der Waals surface area (Å²) in [7, 11) is 0. The molecule has 0 spiro atoms. The molecule has 0 aliphatic heterocycles. The van der Waals surface area contributed by atoms with Gasteiger partial charge in [0, 0.05) is 18.9 Å². The average Bonchev–Trinajstić information content (AvgIpc) is 3.11. The molecule has 1 N–H and O–H groups in total. The van der Waals surface area contributed by atoms with E-state index in [1.807, 2.05) is 13.8 Å². The van der Waals surface area contributed by atoms with E-state index in [0.29, 0.717) is 18.1 Å². The molecule has 0 atom stereocenters. The van der Waals surface area contributed by atoms with Gasteiger partial charge in [0.15, 0.2) is 0 Å². The predicted molar refractivity (Wildman–Crippen MR) is 73.9 cm³/mol. The van der Waals surface area contributed by atoms with Gasteiger partial charge in [-0.1, -0.05) is 6.92 Å². The number of amides is 2. The largest absolute Gasteiger partial charge is 0.324 e. The third-order valence-corrected chi connectivity index (χ3v) is 3.53. The molecule has 1 aromatic rings. The monoisotopic (exact) mass is 261 g/mol. The maximum Gasteiger partial charge on any atom is 0.230 e. The number of hydrogen-bond donors (Lipinski definition) is 1. The first-order valence-corrected chi connectivity index (χ1v) is 6.52. The van der Waals surface area contributed by atoms with E-state index >= 15 is 0 Å². The molecular weight excluding hydrogens is 242 g/mol. The number of carbonyl (C=O) groups excluding carboxylic acids is 2. The predicted octanol–water partition coefficient (Wildman–Crippen LogP) is 2.19. The van der Waals surface area contributed by atoms with Crippen LogP contribution in [0.2, 0.25) is 0 Å². The topological polar surface area (TPSA) is 62.3 Å². The van der Waals surface area contributed by atoms with Crippen LogP contribution in [0.5, 0.6) is 0 Å². The summed E-state index contributed by atoms with van der Waals surface area (Å²) in [6, 6.07) is 3.52. The zero-order valence-electron chi connectivity index (χ0n) is 11.6. The maximum atomic E-state index is 11.9. The Labute approximate surface area is 113 Å². The molecule has 0 aromatic carbocycles. The Kier molecular flexibility index (Phi) is 3.55. The first kappa shape index (κ1) is 13.5. The van der Waals surface area contributed by atoms with Gasteiger partial charge in [-0.3, -0.25) is 14.5 Å². The SMILES string of the molecule is CCN(C(C)=O)c1ccc(NC(=O)C2(C)CC2)cn1. The minimum Gasteiger partial charge on any atom is -0.324 e. The van der Waals surface area contributed by atoms with Gasteiger partial charge in [-0.2, -0.15) is 0 Å². The smallest absolute Gasteiger partial charge is 0.230 e. The zero-order chi connectivity index (χ0) is 14.0. The fourth-order valence-electron chi connectivity index (χ4n) is 1.86. The molecule has 102 valence electrons. The molecule has 1 aliphatic carbocycles. The van der Waals surface area contributed by atoms with Crippen molar-refractivity contribution >= 4 is 23.3 Å². The Morgan fingerprint density at radius 1 is 1.42 bits per heavy atom. The van der Waals surface area contributed by atoms with E-state index in [2.05, 4.69) is 10.3 Å². The van der Waals surface area contributed by atoms with Crippen molar-refractivity contribution in [2.45, 2.75) is 33.6 Å². The van der Waals surface area contributed by atoms with Gasteiger partial charge in [-0.05, 0) is 31.9 Å².